The van der Waals surface area contributed by atoms with Crippen LogP contribution in [0.2, 0.25) is 0 Å². The molecule has 0 bridgehead atoms. The Kier molecular flexibility index (Phi) is 3.62. The zero-order valence-corrected chi connectivity index (χ0v) is 15.5. The van der Waals surface area contributed by atoms with Crippen molar-refractivity contribution in [3.05, 3.63) is 83.4 Å². The fourth-order valence-electron chi connectivity index (χ4n) is 4.75. The molecule has 2 unspecified atom stereocenters. The number of nitrogens with zero attached hydrogens (tertiary/aromatic N) is 2. The smallest absolute Gasteiger partial charge is 0.256 e. The van der Waals surface area contributed by atoms with Gasteiger partial charge < -0.3 is 15.2 Å². The van der Waals surface area contributed by atoms with Crippen molar-refractivity contribution in [2.75, 3.05) is 11.9 Å². The molecule has 2 atom stereocenters. The number of aromatic amines is 1. The second kappa shape index (κ2) is 6.05. The topological polar surface area (TPSA) is 78.1 Å². The summed E-state index contributed by atoms with van der Waals surface area (Å²) in [5.74, 6) is -0.120. The maximum atomic E-state index is 13.4. The van der Waals surface area contributed by atoms with Crippen LogP contribution in [0, 0.1) is 6.92 Å². The third kappa shape index (κ3) is 2.17. The van der Waals surface area contributed by atoms with Crippen LogP contribution < -0.4 is 5.32 Å². The number of hydrogen-bond donors (Lipinski definition) is 2. The number of carbonyl (C=O) groups is 2. The van der Waals surface area contributed by atoms with Crippen molar-refractivity contribution in [3.8, 4) is 0 Å². The van der Waals surface area contributed by atoms with Crippen molar-refractivity contribution in [1.82, 2.24) is 14.9 Å². The molecule has 3 aromatic rings. The van der Waals surface area contributed by atoms with Gasteiger partial charge in [0.1, 0.15) is 5.41 Å². The molecule has 6 heteroatoms. The van der Waals surface area contributed by atoms with Crippen LogP contribution in [0.4, 0.5) is 5.69 Å². The molecule has 0 saturated carbocycles. The van der Waals surface area contributed by atoms with Crippen LogP contribution in [0.5, 0.6) is 0 Å². The number of para-hydroxylation sites is 1. The van der Waals surface area contributed by atoms with Gasteiger partial charge in [0.2, 0.25) is 5.91 Å². The van der Waals surface area contributed by atoms with Gasteiger partial charge in [-0.05, 0) is 42.7 Å². The van der Waals surface area contributed by atoms with E-state index in [0.29, 0.717) is 18.5 Å². The fourth-order valence-corrected chi connectivity index (χ4v) is 4.75. The third-order valence-electron chi connectivity index (χ3n) is 6.03. The summed E-state index contributed by atoms with van der Waals surface area (Å²) in [5, 5.41) is 3.03. The number of fused-ring (bicyclic) bond motifs is 2. The maximum Gasteiger partial charge on any atom is 0.256 e. The molecule has 2 aliphatic rings. The quantitative estimate of drug-likeness (QED) is 0.725. The van der Waals surface area contributed by atoms with Gasteiger partial charge in [-0.1, -0.05) is 24.3 Å². The number of pyridine rings is 1. The predicted molar refractivity (Wildman–Crippen MR) is 105 cm³/mol. The van der Waals surface area contributed by atoms with E-state index >= 15 is 0 Å². The Bertz CT molecular complexity index is 1070. The number of hydrogen-bond acceptors (Lipinski definition) is 3. The van der Waals surface area contributed by atoms with E-state index in [2.05, 4.69) is 15.3 Å². The molecule has 4 heterocycles. The predicted octanol–water partition coefficient (Wildman–Crippen LogP) is 3.20. The largest absolute Gasteiger partial charge is 0.365 e. The maximum absolute atomic E-state index is 13.4. The molecule has 0 aliphatic carbocycles. The second-order valence-electron chi connectivity index (χ2n) is 7.42. The molecular formula is C22H20N4O2. The van der Waals surface area contributed by atoms with Gasteiger partial charge in [-0.25, -0.2) is 0 Å². The highest BCUT2D eigenvalue weighted by Gasteiger charge is 2.59. The monoisotopic (exact) mass is 372 g/mol. The van der Waals surface area contributed by atoms with Crippen molar-refractivity contribution in [2.45, 2.75) is 24.8 Å². The number of rotatable bonds is 2. The number of amides is 2. The Morgan fingerprint density at radius 2 is 2.07 bits per heavy atom. The molecule has 1 spiro atoms. The van der Waals surface area contributed by atoms with E-state index in [1.165, 1.54) is 0 Å². The Labute approximate surface area is 162 Å². The molecular weight excluding hydrogens is 352 g/mol. The van der Waals surface area contributed by atoms with E-state index in [9.17, 15) is 9.59 Å². The summed E-state index contributed by atoms with van der Waals surface area (Å²) in [6.45, 7) is 2.39. The molecule has 1 fully saturated rings. The first-order valence-electron chi connectivity index (χ1n) is 9.39. The minimum absolute atomic E-state index is 0.0522. The molecule has 2 N–H and O–H groups in total. The molecule has 1 saturated heterocycles. The average Bonchev–Trinajstić information content (AvgIpc) is 3.40. The first-order valence-corrected chi connectivity index (χ1v) is 9.39. The molecule has 2 aliphatic heterocycles. The molecule has 2 aromatic heterocycles. The SMILES string of the molecule is Cc1[nH]ccc1C(=O)N1CCC2(C(=O)Nc3ccccc32)C1c1cccnc1. The highest BCUT2D eigenvalue weighted by molar-refractivity contribution is 6.08. The average molecular weight is 372 g/mol. The lowest BCUT2D eigenvalue weighted by Crippen LogP contribution is -2.42. The number of H-pyrrole nitrogens is 1. The van der Waals surface area contributed by atoms with Gasteiger partial charge in [-0.2, -0.15) is 0 Å². The van der Waals surface area contributed by atoms with Crippen molar-refractivity contribution in [2.24, 2.45) is 0 Å². The third-order valence-corrected chi connectivity index (χ3v) is 6.03. The van der Waals surface area contributed by atoms with Crippen LogP contribution >= 0.6 is 0 Å². The van der Waals surface area contributed by atoms with Gasteiger partial charge in [0.05, 0.1) is 11.6 Å². The van der Waals surface area contributed by atoms with Crippen molar-refractivity contribution in [3.63, 3.8) is 0 Å². The van der Waals surface area contributed by atoms with Crippen LogP contribution in [0.3, 0.4) is 0 Å². The molecule has 2 amide bonds. The van der Waals surface area contributed by atoms with Crippen LogP contribution in [-0.2, 0) is 10.2 Å². The van der Waals surface area contributed by atoms with Gasteiger partial charge in [-0.15, -0.1) is 0 Å². The Balaban J connectivity index is 1.69. The Morgan fingerprint density at radius 3 is 2.82 bits per heavy atom. The molecule has 5 rings (SSSR count). The lowest BCUT2D eigenvalue weighted by Gasteiger charge is -2.34. The van der Waals surface area contributed by atoms with Gasteiger partial charge in [0.25, 0.3) is 5.91 Å². The summed E-state index contributed by atoms with van der Waals surface area (Å²) in [7, 11) is 0. The Morgan fingerprint density at radius 1 is 1.21 bits per heavy atom. The standard InChI is InChI=1S/C22H20N4O2/c1-14-16(8-11-24-14)20(27)26-12-9-22(19(26)15-5-4-10-23-13-15)17-6-2-3-7-18(17)25-21(22)28/h2-8,10-11,13,19,24H,9,12H2,1H3,(H,25,28). The summed E-state index contributed by atoms with van der Waals surface area (Å²) < 4.78 is 0. The number of aromatic nitrogens is 2. The molecule has 6 nitrogen and oxygen atoms in total. The summed E-state index contributed by atoms with van der Waals surface area (Å²) in [6, 6.07) is 13.0. The van der Waals surface area contributed by atoms with E-state index in [1.807, 2.05) is 48.2 Å². The number of carbonyl (C=O) groups excluding carboxylic acids is 2. The number of likely N-dealkylation sites (tertiary alicyclic amines) is 1. The van der Waals surface area contributed by atoms with Crippen molar-refractivity contribution in [1.29, 1.82) is 0 Å². The van der Waals surface area contributed by atoms with Gasteiger partial charge in [0, 0.05) is 36.5 Å². The Hall–Kier alpha value is -3.41. The highest BCUT2D eigenvalue weighted by atomic mass is 16.2. The zero-order valence-electron chi connectivity index (χ0n) is 15.5. The molecule has 1 aromatic carbocycles. The zero-order chi connectivity index (χ0) is 19.3. The minimum atomic E-state index is -0.806. The van der Waals surface area contributed by atoms with Crippen LogP contribution in [0.1, 0.15) is 39.6 Å². The highest BCUT2D eigenvalue weighted by Crippen LogP contribution is 2.54. The van der Waals surface area contributed by atoms with E-state index in [0.717, 1.165) is 22.5 Å². The van der Waals surface area contributed by atoms with Crippen molar-refractivity contribution < 1.29 is 9.59 Å². The summed E-state index contributed by atoms with van der Waals surface area (Å²) in [6.07, 6.45) is 5.81. The summed E-state index contributed by atoms with van der Waals surface area (Å²) in [5.41, 5.74) is 3.31. The van der Waals surface area contributed by atoms with Crippen LogP contribution in [0.25, 0.3) is 0 Å². The lowest BCUT2D eigenvalue weighted by molar-refractivity contribution is -0.121. The lowest BCUT2D eigenvalue weighted by atomic mass is 9.73. The molecule has 140 valence electrons. The van der Waals surface area contributed by atoms with E-state index in [-0.39, 0.29) is 11.8 Å². The number of aryl methyl sites for hydroxylation is 1. The van der Waals surface area contributed by atoms with Gasteiger partial charge >= 0.3 is 0 Å². The minimum Gasteiger partial charge on any atom is -0.365 e. The van der Waals surface area contributed by atoms with Gasteiger partial charge in [0.15, 0.2) is 0 Å². The van der Waals surface area contributed by atoms with Crippen molar-refractivity contribution >= 4 is 17.5 Å². The first kappa shape index (κ1) is 16.7. The van der Waals surface area contributed by atoms with Gasteiger partial charge in [-0.3, -0.25) is 14.6 Å². The summed E-state index contributed by atoms with van der Waals surface area (Å²) >= 11 is 0. The number of nitrogens with one attached hydrogen (secondary N) is 2. The molecule has 0 radical (unpaired) electrons. The first-order chi connectivity index (χ1) is 13.6. The van der Waals surface area contributed by atoms with Crippen LogP contribution in [-0.4, -0.2) is 33.2 Å². The number of benzene rings is 1. The second-order valence-corrected chi connectivity index (χ2v) is 7.42. The molecule has 28 heavy (non-hydrogen) atoms. The van der Waals surface area contributed by atoms with E-state index in [4.69, 9.17) is 0 Å². The fraction of sp³-hybridized carbons (Fsp3) is 0.227. The number of anilines is 1. The normalized spacial score (nSPS) is 23.1. The van der Waals surface area contributed by atoms with Crippen LogP contribution in [0.15, 0.2) is 61.1 Å². The van der Waals surface area contributed by atoms with E-state index < -0.39 is 11.5 Å². The van der Waals surface area contributed by atoms with E-state index in [1.54, 1.807) is 24.7 Å². The summed E-state index contributed by atoms with van der Waals surface area (Å²) in [4.78, 5) is 35.9.